The summed E-state index contributed by atoms with van der Waals surface area (Å²) in [5, 5.41) is 6.86. The van der Waals surface area contributed by atoms with Gasteiger partial charge in [-0.2, -0.15) is 0 Å². The van der Waals surface area contributed by atoms with Gasteiger partial charge in [-0.15, -0.1) is 0 Å². The van der Waals surface area contributed by atoms with Gasteiger partial charge in [0.25, 0.3) is 5.91 Å². The quantitative estimate of drug-likeness (QED) is 0.409. The zero-order chi connectivity index (χ0) is 25.3. The van der Waals surface area contributed by atoms with E-state index < -0.39 is 0 Å². The molecule has 1 saturated carbocycles. The summed E-state index contributed by atoms with van der Waals surface area (Å²) >= 11 is 0. The molecule has 0 atom stereocenters. The second-order valence-corrected chi connectivity index (χ2v) is 9.23. The molecule has 2 N–H and O–H groups in total. The summed E-state index contributed by atoms with van der Waals surface area (Å²) in [5.74, 6) is 1.63. The van der Waals surface area contributed by atoms with Crippen LogP contribution in [-0.2, 0) is 4.74 Å². The molecule has 3 aromatic rings. The summed E-state index contributed by atoms with van der Waals surface area (Å²) in [6.45, 7) is 6.05. The number of fused-ring (bicyclic) bond motifs is 1. The van der Waals surface area contributed by atoms with E-state index in [1.807, 2.05) is 61.5 Å². The zero-order valence-corrected chi connectivity index (χ0v) is 21.1. The van der Waals surface area contributed by atoms with Crippen LogP contribution < -0.4 is 15.4 Å². The van der Waals surface area contributed by atoms with Crippen molar-refractivity contribution >= 4 is 22.9 Å². The fourth-order valence-corrected chi connectivity index (χ4v) is 4.78. The summed E-state index contributed by atoms with van der Waals surface area (Å²) in [6, 6.07) is 17.4. The summed E-state index contributed by atoms with van der Waals surface area (Å²) < 4.78 is 10.5. The van der Waals surface area contributed by atoms with Gasteiger partial charge in [-0.1, -0.05) is 18.2 Å². The number of carbonyl (C=O) groups excluding carboxylic acids is 2. The van der Waals surface area contributed by atoms with E-state index >= 15 is 0 Å². The minimum atomic E-state index is -0.346. The highest BCUT2D eigenvalue weighted by Crippen LogP contribution is 2.29. The van der Waals surface area contributed by atoms with Crippen LogP contribution in [0.25, 0.3) is 22.2 Å². The van der Waals surface area contributed by atoms with Crippen LogP contribution in [0.15, 0.2) is 54.6 Å². The van der Waals surface area contributed by atoms with Gasteiger partial charge < -0.3 is 20.1 Å². The highest BCUT2D eigenvalue weighted by molar-refractivity contribution is 6.07. The maximum Gasteiger partial charge on any atom is 0.407 e. The van der Waals surface area contributed by atoms with Crippen molar-refractivity contribution in [1.29, 1.82) is 0 Å². The molecule has 1 heterocycles. The van der Waals surface area contributed by atoms with E-state index in [1.54, 1.807) is 6.92 Å². The molecule has 0 spiro atoms. The number of hydrogen-bond acceptors (Lipinski definition) is 5. The van der Waals surface area contributed by atoms with Crippen LogP contribution in [0.1, 0.15) is 49.9 Å². The monoisotopic (exact) mass is 489 g/mol. The standard InChI is InChI=1S/C29H35N3O4/c1-3-35-23-15-13-22(14-16-23)27-17-25(24-7-5-6-8-26(24)32-27)28(33)30-18-20-9-11-21(12-10-20)19-31-29(34)36-4-2/h5-8,13-17,20-21H,3-4,9-12,18-19H2,1-2H3,(H,30,33)(H,31,34)/t20-,21-. The number of rotatable bonds is 9. The first-order chi connectivity index (χ1) is 17.6. The lowest BCUT2D eigenvalue weighted by Gasteiger charge is -2.28. The number of nitrogens with zero attached hydrogens (tertiary/aromatic N) is 1. The molecule has 4 rings (SSSR count). The number of carbonyl (C=O) groups is 2. The maximum absolute atomic E-state index is 13.3. The normalized spacial score (nSPS) is 17.4. The number of aromatic nitrogens is 1. The van der Waals surface area contributed by atoms with Gasteiger partial charge in [-0.05, 0) is 87.8 Å². The molecule has 1 aliphatic carbocycles. The predicted molar refractivity (Wildman–Crippen MR) is 141 cm³/mol. The molecule has 1 aromatic heterocycles. The molecular weight excluding hydrogens is 454 g/mol. The number of amides is 2. The molecule has 0 saturated heterocycles. The Morgan fingerprint density at radius 2 is 1.56 bits per heavy atom. The van der Waals surface area contributed by atoms with E-state index in [1.165, 1.54) is 0 Å². The smallest absolute Gasteiger partial charge is 0.407 e. The molecule has 0 radical (unpaired) electrons. The number of benzene rings is 2. The van der Waals surface area contributed by atoms with Crippen LogP contribution in [0.5, 0.6) is 5.75 Å². The summed E-state index contributed by atoms with van der Waals surface area (Å²) in [7, 11) is 0. The number of pyridine rings is 1. The Labute approximate surface area is 212 Å². The first-order valence-electron chi connectivity index (χ1n) is 12.9. The summed E-state index contributed by atoms with van der Waals surface area (Å²) in [6.07, 6.45) is 3.79. The van der Waals surface area contributed by atoms with Gasteiger partial charge in [0.1, 0.15) is 5.75 Å². The molecule has 190 valence electrons. The number of nitrogens with one attached hydrogen (secondary N) is 2. The van der Waals surface area contributed by atoms with Gasteiger partial charge in [0.2, 0.25) is 0 Å². The molecule has 0 aliphatic heterocycles. The molecular formula is C29H35N3O4. The van der Waals surface area contributed by atoms with Gasteiger partial charge in [0, 0.05) is 24.0 Å². The first-order valence-corrected chi connectivity index (χ1v) is 12.9. The second kappa shape index (κ2) is 12.4. The van der Waals surface area contributed by atoms with Crippen molar-refractivity contribution in [2.24, 2.45) is 11.8 Å². The fraction of sp³-hybridized carbons (Fsp3) is 0.414. The Morgan fingerprint density at radius 1 is 0.889 bits per heavy atom. The van der Waals surface area contributed by atoms with Crippen LogP contribution in [0.4, 0.5) is 4.79 Å². The van der Waals surface area contributed by atoms with Crippen LogP contribution in [-0.4, -0.2) is 43.3 Å². The second-order valence-electron chi connectivity index (χ2n) is 9.23. The molecule has 7 nitrogen and oxygen atoms in total. The van der Waals surface area contributed by atoms with Crippen molar-refractivity contribution in [3.8, 4) is 17.0 Å². The minimum absolute atomic E-state index is 0.0770. The van der Waals surface area contributed by atoms with Crippen LogP contribution >= 0.6 is 0 Å². The highest BCUT2D eigenvalue weighted by atomic mass is 16.5. The van der Waals surface area contributed by atoms with Crippen molar-refractivity contribution in [3.63, 3.8) is 0 Å². The van der Waals surface area contributed by atoms with Crippen LogP contribution in [0.3, 0.4) is 0 Å². The first kappa shape index (κ1) is 25.5. The third kappa shape index (κ3) is 6.53. The average Bonchev–Trinajstić information content (AvgIpc) is 2.91. The van der Waals surface area contributed by atoms with Gasteiger partial charge in [-0.25, -0.2) is 9.78 Å². The molecule has 0 bridgehead atoms. The van der Waals surface area contributed by atoms with E-state index in [0.29, 0.717) is 43.7 Å². The van der Waals surface area contributed by atoms with E-state index in [-0.39, 0.29) is 12.0 Å². The van der Waals surface area contributed by atoms with Gasteiger partial charge in [-0.3, -0.25) is 4.79 Å². The van der Waals surface area contributed by atoms with E-state index in [0.717, 1.165) is 53.6 Å². The van der Waals surface area contributed by atoms with Gasteiger partial charge in [0.05, 0.1) is 30.0 Å². The fourth-order valence-electron chi connectivity index (χ4n) is 4.78. The Kier molecular flexibility index (Phi) is 8.76. The molecule has 1 fully saturated rings. The maximum atomic E-state index is 13.3. The van der Waals surface area contributed by atoms with Gasteiger partial charge in [0.15, 0.2) is 0 Å². The van der Waals surface area contributed by atoms with Crippen molar-refractivity contribution < 1.29 is 19.1 Å². The molecule has 1 aliphatic rings. The molecule has 2 amide bonds. The largest absolute Gasteiger partial charge is 0.494 e. The Hall–Kier alpha value is -3.61. The Bertz CT molecular complexity index is 1170. The predicted octanol–water partition coefficient (Wildman–Crippen LogP) is 5.58. The number of hydrogen-bond donors (Lipinski definition) is 2. The van der Waals surface area contributed by atoms with E-state index in [2.05, 4.69) is 10.6 Å². The Morgan fingerprint density at radius 3 is 2.22 bits per heavy atom. The number of ether oxygens (including phenoxy) is 2. The summed E-state index contributed by atoms with van der Waals surface area (Å²) in [5.41, 5.74) is 3.13. The third-order valence-corrected chi connectivity index (χ3v) is 6.75. The van der Waals surface area contributed by atoms with Crippen molar-refractivity contribution in [2.75, 3.05) is 26.3 Å². The van der Waals surface area contributed by atoms with Crippen molar-refractivity contribution in [2.45, 2.75) is 39.5 Å². The number of alkyl carbamates (subject to hydrolysis) is 1. The lowest BCUT2D eigenvalue weighted by molar-refractivity contribution is 0.0942. The molecule has 2 aromatic carbocycles. The van der Waals surface area contributed by atoms with Crippen molar-refractivity contribution in [1.82, 2.24) is 15.6 Å². The van der Waals surface area contributed by atoms with Crippen molar-refractivity contribution in [3.05, 3.63) is 60.2 Å². The van der Waals surface area contributed by atoms with Crippen LogP contribution in [0, 0.1) is 11.8 Å². The zero-order valence-electron chi connectivity index (χ0n) is 21.1. The van der Waals surface area contributed by atoms with E-state index in [4.69, 9.17) is 14.5 Å². The summed E-state index contributed by atoms with van der Waals surface area (Å²) in [4.78, 5) is 29.6. The number of para-hydroxylation sites is 1. The lowest BCUT2D eigenvalue weighted by Crippen LogP contribution is -2.34. The SMILES string of the molecule is CCOC(=O)NC[C@H]1CC[C@H](CNC(=O)c2cc(-c3ccc(OCC)cc3)nc3ccccc23)CC1. The molecule has 0 unspecified atom stereocenters. The molecule has 7 heteroatoms. The van der Waals surface area contributed by atoms with Crippen LogP contribution in [0.2, 0.25) is 0 Å². The third-order valence-electron chi connectivity index (χ3n) is 6.75. The Balaban J connectivity index is 1.39. The lowest BCUT2D eigenvalue weighted by atomic mass is 9.82. The van der Waals surface area contributed by atoms with Gasteiger partial charge >= 0.3 is 6.09 Å². The average molecular weight is 490 g/mol. The topological polar surface area (TPSA) is 89.6 Å². The minimum Gasteiger partial charge on any atom is -0.494 e. The van der Waals surface area contributed by atoms with E-state index in [9.17, 15) is 9.59 Å². The highest BCUT2D eigenvalue weighted by Gasteiger charge is 2.23. The molecule has 36 heavy (non-hydrogen) atoms.